The zero-order valence-corrected chi connectivity index (χ0v) is 16.7. The van der Waals surface area contributed by atoms with E-state index < -0.39 is 8.03 Å². The van der Waals surface area contributed by atoms with Gasteiger partial charge in [0, 0.05) is 6.61 Å². The van der Waals surface area contributed by atoms with E-state index in [1.165, 1.54) is 6.66 Å². The normalized spacial score (nSPS) is 14.6. The number of hydrogen-bond acceptors (Lipinski definition) is 6. The third kappa shape index (κ3) is 15.4. The lowest BCUT2D eigenvalue weighted by Gasteiger charge is -2.21. The van der Waals surface area contributed by atoms with Crippen LogP contribution in [0, 0.1) is 0 Å². The highest BCUT2D eigenvalue weighted by Gasteiger charge is 2.12. The molecular weight excluding hydrogens is 331 g/mol. The van der Waals surface area contributed by atoms with Gasteiger partial charge in [0.05, 0.1) is 45.2 Å². The summed E-state index contributed by atoms with van der Waals surface area (Å²) in [5.41, 5.74) is 0. The lowest BCUT2D eigenvalue weighted by atomic mass is 10.2. The van der Waals surface area contributed by atoms with Gasteiger partial charge in [-0.1, -0.05) is 27.2 Å². The summed E-state index contributed by atoms with van der Waals surface area (Å²) in [4.78, 5) is 0. The summed E-state index contributed by atoms with van der Waals surface area (Å²) in [6, 6.07) is 0. The molecular formula is C17H36O6P+. The van der Waals surface area contributed by atoms with Gasteiger partial charge >= 0.3 is 8.03 Å². The quantitative estimate of drug-likeness (QED) is 0.271. The monoisotopic (exact) mass is 367 g/mol. The van der Waals surface area contributed by atoms with Crippen LogP contribution >= 0.6 is 8.03 Å². The molecule has 0 spiro atoms. The summed E-state index contributed by atoms with van der Waals surface area (Å²) in [7, 11) is -1.54. The molecule has 0 saturated heterocycles. The Hall–Kier alpha value is -0.100. The molecule has 0 aliphatic rings. The maximum Gasteiger partial charge on any atom is 0.504 e. The minimum absolute atomic E-state index is 0.0845. The van der Waals surface area contributed by atoms with Crippen LogP contribution in [-0.4, -0.2) is 65.1 Å². The molecule has 0 saturated carbocycles. The van der Waals surface area contributed by atoms with E-state index in [-0.39, 0.29) is 12.2 Å². The van der Waals surface area contributed by atoms with Crippen molar-refractivity contribution in [2.24, 2.45) is 0 Å². The van der Waals surface area contributed by atoms with Gasteiger partial charge in [-0.25, -0.2) is 0 Å². The molecule has 0 aromatic carbocycles. The lowest BCUT2D eigenvalue weighted by molar-refractivity contribution is -0.0755. The van der Waals surface area contributed by atoms with Gasteiger partial charge in [0.2, 0.25) is 0 Å². The second-order valence-corrected chi connectivity index (χ2v) is 6.72. The van der Waals surface area contributed by atoms with E-state index in [4.69, 9.17) is 23.5 Å². The average Bonchev–Trinajstić information content (AvgIpc) is 2.57. The molecule has 3 atom stereocenters. The summed E-state index contributed by atoms with van der Waals surface area (Å²) < 4.78 is 38.3. The van der Waals surface area contributed by atoms with Gasteiger partial charge in [-0.3, -0.25) is 0 Å². The molecule has 0 bridgehead atoms. The minimum atomic E-state index is -1.54. The van der Waals surface area contributed by atoms with Crippen molar-refractivity contribution in [2.45, 2.75) is 58.7 Å². The zero-order chi connectivity index (χ0) is 18.0. The summed E-state index contributed by atoms with van der Waals surface area (Å²) in [5.74, 6) is 0. The summed E-state index contributed by atoms with van der Waals surface area (Å²) >= 11 is 0. The predicted octanol–water partition coefficient (Wildman–Crippen LogP) is 3.80. The van der Waals surface area contributed by atoms with Crippen molar-refractivity contribution < 1.29 is 28.0 Å². The van der Waals surface area contributed by atoms with Crippen molar-refractivity contribution >= 4 is 8.03 Å². The van der Waals surface area contributed by atoms with Gasteiger partial charge in [-0.05, 0) is 23.8 Å². The van der Waals surface area contributed by atoms with Crippen LogP contribution in [-0.2, 0) is 28.0 Å². The van der Waals surface area contributed by atoms with Gasteiger partial charge < -0.3 is 18.9 Å². The number of rotatable bonds is 18. The van der Waals surface area contributed by atoms with Crippen LogP contribution in [0.15, 0.2) is 0 Å². The van der Waals surface area contributed by atoms with Crippen molar-refractivity contribution in [1.29, 1.82) is 0 Å². The van der Waals surface area contributed by atoms with E-state index in [1.54, 1.807) is 0 Å². The molecule has 144 valence electrons. The van der Waals surface area contributed by atoms with Gasteiger partial charge in [0.1, 0.15) is 6.61 Å². The Morgan fingerprint density at radius 2 is 1.42 bits per heavy atom. The van der Waals surface area contributed by atoms with E-state index in [2.05, 4.69) is 20.8 Å². The van der Waals surface area contributed by atoms with Gasteiger partial charge in [-0.15, -0.1) is 4.52 Å². The van der Waals surface area contributed by atoms with Crippen LogP contribution in [0.2, 0.25) is 0 Å². The molecule has 0 heterocycles. The van der Waals surface area contributed by atoms with Crippen LogP contribution in [0.25, 0.3) is 0 Å². The average molecular weight is 367 g/mol. The van der Waals surface area contributed by atoms with Crippen LogP contribution in [0.4, 0.5) is 0 Å². The Labute approximate surface area is 148 Å². The molecule has 7 heteroatoms. The SMILES string of the molecule is CCCCOC(CC)COC(CC)COCCOCCO[P+](C)=O. The fourth-order valence-electron chi connectivity index (χ4n) is 1.86. The third-order valence-corrected chi connectivity index (χ3v) is 4.00. The van der Waals surface area contributed by atoms with E-state index in [0.29, 0.717) is 39.6 Å². The van der Waals surface area contributed by atoms with E-state index in [0.717, 1.165) is 32.3 Å². The molecule has 0 N–H and O–H groups in total. The molecule has 3 unspecified atom stereocenters. The zero-order valence-electron chi connectivity index (χ0n) is 15.8. The molecule has 0 radical (unpaired) electrons. The van der Waals surface area contributed by atoms with Crippen molar-refractivity contribution in [3.63, 3.8) is 0 Å². The highest BCUT2D eigenvalue weighted by molar-refractivity contribution is 7.38. The smallest absolute Gasteiger partial charge is 0.376 e. The Morgan fingerprint density at radius 1 is 0.792 bits per heavy atom. The molecule has 0 amide bonds. The Balaban J connectivity index is 3.62. The second-order valence-electron chi connectivity index (χ2n) is 5.58. The molecule has 0 fully saturated rings. The number of unbranched alkanes of at least 4 members (excludes halogenated alkanes) is 1. The summed E-state index contributed by atoms with van der Waals surface area (Å²) in [6.45, 7) is 11.7. The van der Waals surface area contributed by atoms with Gasteiger partial charge in [0.25, 0.3) is 0 Å². The standard InChI is InChI=1S/C17H36O6P/c1-5-8-9-21-17(7-3)15-22-16(6-2)14-20-11-10-19-12-13-23-24(4)18/h16-17H,5-15H2,1-4H3/q+1. The molecule has 0 aliphatic carbocycles. The first kappa shape index (κ1) is 23.9. The highest BCUT2D eigenvalue weighted by atomic mass is 31.1. The fraction of sp³-hybridized carbons (Fsp3) is 1.00. The van der Waals surface area contributed by atoms with Crippen LogP contribution < -0.4 is 0 Å². The maximum atomic E-state index is 10.7. The van der Waals surface area contributed by atoms with E-state index in [9.17, 15) is 4.57 Å². The second kappa shape index (κ2) is 17.7. The topological polar surface area (TPSA) is 63.2 Å². The minimum Gasteiger partial charge on any atom is -0.376 e. The number of ether oxygens (including phenoxy) is 4. The third-order valence-electron chi connectivity index (χ3n) is 3.46. The highest BCUT2D eigenvalue weighted by Crippen LogP contribution is 2.13. The summed E-state index contributed by atoms with van der Waals surface area (Å²) in [6.07, 6.45) is 4.36. The Bertz CT molecular complexity index is 290. The van der Waals surface area contributed by atoms with E-state index >= 15 is 0 Å². The van der Waals surface area contributed by atoms with Crippen molar-refractivity contribution in [3.8, 4) is 0 Å². The Kier molecular flexibility index (Phi) is 17.6. The Morgan fingerprint density at radius 3 is 2.04 bits per heavy atom. The van der Waals surface area contributed by atoms with Crippen molar-refractivity contribution in [3.05, 3.63) is 0 Å². The molecule has 24 heavy (non-hydrogen) atoms. The lowest BCUT2D eigenvalue weighted by Crippen LogP contribution is -2.27. The molecule has 0 aromatic rings. The van der Waals surface area contributed by atoms with Crippen molar-refractivity contribution in [2.75, 3.05) is 52.9 Å². The molecule has 0 aromatic heterocycles. The van der Waals surface area contributed by atoms with Crippen molar-refractivity contribution in [1.82, 2.24) is 0 Å². The van der Waals surface area contributed by atoms with Crippen LogP contribution in [0.3, 0.4) is 0 Å². The first-order valence-electron chi connectivity index (χ1n) is 9.06. The van der Waals surface area contributed by atoms with Gasteiger partial charge in [0.15, 0.2) is 6.66 Å². The first-order chi connectivity index (χ1) is 11.6. The van der Waals surface area contributed by atoms with Crippen LogP contribution in [0.1, 0.15) is 46.5 Å². The molecule has 0 aliphatic heterocycles. The largest absolute Gasteiger partial charge is 0.504 e. The molecule has 6 nitrogen and oxygen atoms in total. The molecule has 0 rings (SSSR count). The number of hydrogen-bond donors (Lipinski definition) is 0. The fourth-order valence-corrected chi connectivity index (χ4v) is 2.20. The van der Waals surface area contributed by atoms with E-state index in [1.807, 2.05) is 0 Å². The van der Waals surface area contributed by atoms with Crippen LogP contribution in [0.5, 0.6) is 0 Å². The predicted molar refractivity (Wildman–Crippen MR) is 96.1 cm³/mol. The van der Waals surface area contributed by atoms with Gasteiger partial charge in [-0.2, -0.15) is 0 Å². The maximum absolute atomic E-state index is 10.7. The summed E-state index contributed by atoms with van der Waals surface area (Å²) in [5, 5.41) is 0. The first-order valence-corrected chi connectivity index (χ1v) is 10.7.